The van der Waals surface area contributed by atoms with E-state index in [2.05, 4.69) is 74.6 Å². The minimum Gasteiger partial charge on any atom is -0.457 e. The number of esters is 1. The number of hydrogen-bond acceptors (Lipinski definition) is 14. The van der Waals surface area contributed by atoms with Crippen molar-refractivity contribution in [3.8, 4) is 0 Å². The van der Waals surface area contributed by atoms with Crippen LogP contribution in [0.5, 0.6) is 0 Å². The number of aliphatic hydroxyl groups is 7. The summed E-state index contributed by atoms with van der Waals surface area (Å²) < 4.78 is 34.5. The number of ether oxygens (including phenoxy) is 6. The Labute approximate surface area is 473 Å². The van der Waals surface area contributed by atoms with Crippen LogP contribution in [-0.2, 0) is 33.2 Å². The molecule has 0 spiro atoms. The van der Waals surface area contributed by atoms with Gasteiger partial charge in [-0.25, -0.2) is 0 Å². The number of hydrogen-bond donors (Lipinski definition) is 7. The standard InChI is InChI=1S/C64H114O14/c1-3-5-7-9-11-13-15-17-19-21-23-24-25-26-27-28-29-31-33-35-37-39-41-43-45-47-56(66)76-53(50-73-48-46-44-42-40-38-36-34-32-30-22-20-18-16-14-12-10-8-6-4-2)51-74-63-62(72)60(70)58(68)55(78-63)52-75-64-61(71)59(69)57(67)54(49-65)77-64/h14-17,20-23,25-26,53-55,57-65,67-72H,3-13,18-19,24,27-52H2,1-2H3/b16-14-,17-15-,22-20-,23-21-,26-25-. The first-order valence-corrected chi connectivity index (χ1v) is 31.4. The molecule has 2 aliphatic heterocycles. The first kappa shape index (κ1) is 71.8. The van der Waals surface area contributed by atoms with Crippen LogP contribution in [0.15, 0.2) is 60.8 Å². The van der Waals surface area contributed by atoms with Crippen molar-refractivity contribution in [2.24, 2.45) is 0 Å². The second-order valence-electron chi connectivity index (χ2n) is 21.9. The molecule has 14 heteroatoms. The predicted octanol–water partition coefficient (Wildman–Crippen LogP) is 12.0. The van der Waals surface area contributed by atoms with E-state index in [4.69, 9.17) is 28.4 Å². The zero-order chi connectivity index (χ0) is 56.5. The van der Waals surface area contributed by atoms with E-state index < -0.39 is 80.7 Å². The first-order chi connectivity index (χ1) is 38.1. The van der Waals surface area contributed by atoms with Crippen molar-refractivity contribution in [2.75, 3.05) is 33.0 Å². The maximum absolute atomic E-state index is 13.1. The normalized spacial score (nSPS) is 24.5. The Bertz CT molecular complexity index is 1520. The van der Waals surface area contributed by atoms with Gasteiger partial charge in [-0.05, 0) is 83.5 Å². The molecule has 11 atom stereocenters. The highest BCUT2D eigenvalue weighted by molar-refractivity contribution is 5.69. The fourth-order valence-electron chi connectivity index (χ4n) is 9.68. The van der Waals surface area contributed by atoms with Crippen LogP contribution >= 0.6 is 0 Å². The van der Waals surface area contributed by atoms with Crippen LogP contribution in [0.3, 0.4) is 0 Å². The molecule has 0 bridgehead atoms. The minimum absolute atomic E-state index is 0.0547. The fraction of sp³-hybridized carbons (Fsp3) is 0.828. The Hall–Kier alpha value is -2.31. The summed E-state index contributed by atoms with van der Waals surface area (Å²) in [4.78, 5) is 13.1. The molecule has 0 radical (unpaired) electrons. The van der Waals surface area contributed by atoms with Gasteiger partial charge in [0.2, 0.25) is 0 Å². The van der Waals surface area contributed by atoms with Gasteiger partial charge in [-0.2, -0.15) is 0 Å². The molecule has 0 amide bonds. The molecule has 0 aliphatic carbocycles. The lowest BCUT2D eigenvalue weighted by Crippen LogP contribution is -2.61. The van der Waals surface area contributed by atoms with E-state index >= 15 is 0 Å². The van der Waals surface area contributed by atoms with E-state index in [0.717, 1.165) is 70.6 Å². The quantitative estimate of drug-likeness (QED) is 0.0172. The van der Waals surface area contributed by atoms with Crippen molar-refractivity contribution in [3.05, 3.63) is 60.8 Å². The van der Waals surface area contributed by atoms with Crippen molar-refractivity contribution in [3.63, 3.8) is 0 Å². The largest absolute Gasteiger partial charge is 0.457 e. The van der Waals surface area contributed by atoms with Gasteiger partial charge in [0.1, 0.15) is 54.9 Å². The Morgan fingerprint density at radius 3 is 1.26 bits per heavy atom. The van der Waals surface area contributed by atoms with Gasteiger partial charge in [0, 0.05) is 13.0 Å². The van der Waals surface area contributed by atoms with Crippen LogP contribution < -0.4 is 0 Å². The molecule has 78 heavy (non-hydrogen) atoms. The van der Waals surface area contributed by atoms with Gasteiger partial charge in [-0.15, -0.1) is 0 Å². The van der Waals surface area contributed by atoms with E-state index in [0.29, 0.717) is 13.0 Å². The van der Waals surface area contributed by atoms with Gasteiger partial charge in [0.05, 0.1) is 26.4 Å². The van der Waals surface area contributed by atoms with E-state index in [1.54, 1.807) is 0 Å². The van der Waals surface area contributed by atoms with E-state index in [9.17, 15) is 40.5 Å². The molecular formula is C64H114O14. The zero-order valence-electron chi connectivity index (χ0n) is 48.9. The Kier molecular flexibility index (Phi) is 46.4. The summed E-state index contributed by atoms with van der Waals surface area (Å²) in [5, 5.41) is 72.5. The third-order valence-corrected chi connectivity index (χ3v) is 14.7. The number of allylic oxidation sites excluding steroid dienone is 10. The maximum atomic E-state index is 13.1. The Balaban J connectivity index is 1.69. The fourth-order valence-corrected chi connectivity index (χ4v) is 9.68. The smallest absolute Gasteiger partial charge is 0.306 e. The van der Waals surface area contributed by atoms with E-state index in [-0.39, 0.29) is 25.6 Å². The number of carbonyl (C=O) groups excluding carboxylic acids is 1. The predicted molar refractivity (Wildman–Crippen MR) is 312 cm³/mol. The summed E-state index contributed by atoms with van der Waals surface area (Å²) >= 11 is 0. The lowest BCUT2D eigenvalue weighted by molar-refractivity contribution is -0.332. The zero-order valence-corrected chi connectivity index (χ0v) is 48.9. The number of rotatable bonds is 51. The third-order valence-electron chi connectivity index (χ3n) is 14.7. The topological polar surface area (TPSA) is 214 Å². The van der Waals surface area contributed by atoms with Gasteiger partial charge in [-0.3, -0.25) is 4.79 Å². The number of aliphatic hydroxyl groups excluding tert-OH is 7. The molecule has 2 aliphatic rings. The summed E-state index contributed by atoms with van der Waals surface area (Å²) in [6.45, 7) is 3.67. The van der Waals surface area contributed by atoms with Gasteiger partial charge in [0.15, 0.2) is 12.6 Å². The minimum atomic E-state index is -1.71. The molecule has 0 saturated carbocycles. The average Bonchev–Trinajstić information content (AvgIpc) is 3.46. The molecule has 2 heterocycles. The van der Waals surface area contributed by atoms with Crippen molar-refractivity contribution in [1.29, 1.82) is 0 Å². The third kappa shape index (κ3) is 36.2. The SMILES string of the molecule is CCCCCC/C=C\C/C=C\CCCCCCCCCCOCC(COC1OC(COC2OC(CO)C(O)C(O)C2O)C(O)C(O)C1O)OC(=O)CCCCCCCCCCCC/C=C\C/C=C\C/C=C\CCCCCCC. The van der Waals surface area contributed by atoms with Crippen molar-refractivity contribution < 1.29 is 69.0 Å². The molecule has 0 aromatic heterocycles. The Morgan fingerprint density at radius 1 is 0.423 bits per heavy atom. The molecule has 0 aromatic carbocycles. The highest BCUT2D eigenvalue weighted by Crippen LogP contribution is 2.27. The summed E-state index contributed by atoms with van der Waals surface area (Å²) in [5.74, 6) is -0.381. The molecule has 14 nitrogen and oxygen atoms in total. The lowest BCUT2D eigenvalue weighted by Gasteiger charge is -2.42. The summed E-state index contributed by atoms with van der Waals surface area (Å²) in [6.07, 6.45) is 47.0. The van der Waals surface area contributed by atoms with Gasteiger partial charge < -0.3 is 64.2 Å². The average molecular weight is 1110 g/mol. The van der Waals surface area contributed by atoms with E-state index in [1.807, 2.05) is 0 Å². The molecule has 454 valence electrons. The van der Waals surface area contributed by atoms with Crippen molar-refractivity contribution >= 4 is 5.97 Å². The van der Waals surface area contributed by atoms with Crippen LogP contribution in [0.1, 0.15) is 239 Å². The van der Waals surface area contributed by atoms with Crippen LogP contribution in [-0.4, -0.2) is 142 Å². The summed E-state index contributed by atoms with van der Waals surface area (Å²) in [5.41, 5.74) is 0. The van der Waals surface area contributed by atoms with Crippen LogP contribution in [0.25, 0.3) is 0 Å². The molecule has 7 N–H and O–H groups in total. The summed E-state index contributed by atoms with van der Waals surface area (Å²) in [7, 11) is 0. The van der Waals surface area contributed by atoms with Crippen LogP contribution in [0, 0.1) is 0 Å². The van der Waals surface area contributed by atoms with Crippen LogP contribution in [0.4, 0.5) is 0 Å². The molecule has 2 saturated heterocycles. The van der Waals surface area contributed by atoms with Crippen LogP contribution in [0.2, 0.25) is 0 Å². The second-order valence-corrected chi connectivity index (χ2v) is 21.9. The monoisotopic (exact) mass is 1110 g/mol. The van der Waals surface area contributed by atoms with Gasteiger partial charge >= 0.3 is 5.97 Å². The molecule has 2 fully saturated rings. The maximum Gasteiger partial charge on any atom is 0.306 e. The highest BCUT2D eigenvalue weighted by atomic mass is 16.7. The highest BCUT2D eigenvalue weighted by Gasteiger charge is 2.47. The first-order valence-electron chi connectivity index (χ1n) is 31.4. The molecule has 11 unspecified atom stereocenters. The summed E-state index contributed by atoms with van der Waals surface area (Å²) in [6, 6.07) is 0. The number of carbonyl (C=O) groups is 1. The number of unbranched alkanes of at least 4 members (excludes halogenated alkanes) is 27. The molecular weight excluding hydrogens is 993 g/mol. The molecule has 2 rings (SSSR count). The lowest BCUT2D eigenvalue weighted by atomic mass is 9.98. The Morgan fingerprint density at radius 2 is 0.795 bits per heavy atom. The van der Waals surface area contributed by atoms with Crippen molar-refractivity contribution in [2.45, 2.75) is 306 Å². The van der Waals surface area contributed by atoms with Crippen molar-refractivity contribution in [1.82, 2.24) is 0 Å². The van der Waals surface area contributed by atoms with Gasteiger partial charge in [-0.1, -0.05) is 209 Å². The second kappa shape index (κ2) is 50.4. The molecule has 0 aromatic rings. The van der Waals surface area contributed by atoms with E-state index in [1.165, 1.54) is 141 Å². The van der Waals surface area contributed by atoms with Gasteiger partial charge in [0.25, 0.3) is 0 Å².